The predicted octanol–water partition coefficient (Wildman–Crippen LogP) is 6.21. The van der Waals surface area contributed by atoms with Crippen LogP contribution < -0.4 is 29.7 Å². The summed E-state index contributed by atoms with van der Waals surface area (Å²) in [6.45, 7) is 4.53. The van der Waals surface area contributed by atoms with E-state index in [0.29, 0.717) is 38.6 Å². The highest BCUT2D eigenvalue weighted by molar-refractivity contribution is 7.07. The molecule has 0 saturated carbocycles. The number of hydrogen-bond acceptors (Lipinski definition) is 6. The molecule has 1 aromatic heterocycles. The molecule has 7 nitrogen and oxygen atoms in total. The quantitative estimate of drug-likeness (QED) is 0.203. The van der Waals surface area contributed by atoms with Crippen LogP contribution in [0.2, 0.25) is 0 Å². The zero-order chi connectivity index (χ0) is 30.6. The summed E-state index contributed by atoms with van der Waals surface area (Å²) in [5.74, 6) is 1.10. The number of unbranched alkanes of at least 4 members (excludes halogenated alkanes) is 1. The fourth-order valence-corrected chi connectivity index (χ4v) is 6.47. The van der Waals surface area contributed by atoms with Crippen LogP contribution in [-0.4, -0.2) is 24.2 Å². The zero-order valence-corrected chi connectivity index (χ0v) is 25.7. The Hall–Kier alpha value is -4.95. The summed E-state index contributed by atoms with van der Waals surface area (Å²) < 4.78 is 13.7. The van der Waals surface area contributed by atoms with Gasteiger partial charge in [-0.05, 0) is 66.1 Å². The molecule has 0 bridgehead atoms. The van der Waals surface area contributed by atoms with Crippen LogP contribution in [0, 0.1) is 0 Å². The number of nitrogens with zero attached hydrogens (tertiary/aromatic N) is 2. The minimum absolute atomic E-state index is 0.223. The molecule has 0 spiro atoms. The summed E-state index contributed by atoms with van der Waals surface area (Å²) in [4.78, 5) is 33.5. The van der Waals surface area contributed by atoms with E-state index in [0.717, 1.165) is 40.5 Å². The topological polar surface area (TPSA) is 81.9 Å². The molecular weight excluding hydrogens is 570 g/mol. The average Bonchev–Trinajstić information content (AvgIpc) is 3.35. The number of carbonyl (C=O) groups is 1. The van der Waals surface area contributed by atoms with E-state index < -0.39 is 6.04 Å². The smallest absolute Gasteiger partial charge is 0.271 e. The van der Waals surface area contributed by atoms with Crippen molar-refractivity contribution in [3.8, 4) is 11.5 Å². The minimum Gasteiger partial charge on any atom is -0.497 e. The van der Waals surface area contributed by atoms with Crippen LogP contribution in [0.4, 0.5) is 5.69 Å². The summed E-state index contributed by atoms with van der Waals surface area (Å²) in [7, 11) is 1.61. The number of allylic oxidation sites excluding steroid dienone is 1. The van der Waals surface area contributed by atoms with Gasteiger partial charge in [-0.15, -0.1) is 0 Å². The van der Waals surface area contributed by atoms with Gasteiger partial charge in [0.1, 0.15) is 11.5 Å². The summed E-state index contributed by atoms with van der Waals surface area (Å²) in [5, 5.41) is 5.05. The highest BCUT2D eigenvalue weighted by Gasteiger charge is 2.32. The fraction of sp³-hybridized carbons (Fsp3) is 0.194. The summed E-state index contributed by atoms with van der Waals surface area (Å²) in [6, 6.07) is 28.1. The number of para-hydroxylation sites is 1. The van der Waals surface area contributed by atoms with E-state index in [4.69, 9.17) is 14.5 Å². The molecule has 0 radical (unpaired) electrons. The number of hydrogen-bond donors (Lipinski definition) is 1. The summed E-state index contributed by atoms with van der Waals surface area (Å²) in [6.07, 6.45) is 3.86. The van der Waals surface area contributed by atoms with Crippen LogP contribution in [0.25, 0.3) is 16.8 Å². The van der Waals surface area contributed by atoms with Crippen molar-refractivity contribution in [2.75, 3.05) is 19.0 Å². The standard InChI is InChI=1S/C36H33N3O4S/c1-4-5-21-43-30-20-17-24-11-9-10-14-28(24)29(30)22-31-35(41)39-33(25-15-18-27(42-3)19-16-25)32(23(2)37-36(39)44-31)34(40)38-26-12-7-6-8-13-26/h6-20,22,33H,4-5,21H2,1-3H3,(H,38,40)/b31-22+/t33-/m1/s1. The first-order valence-corrected chi connectivity index (χ1v) is 15.5. The number of aromatic nitrogens is 1. The highest BCUT2D eigenvalue weighted by atomic mass is 32.1. The molecule has 1 N–H and O–H groups in total. The molecule has 1 amide bonds. The van der Waals surface area contributed by atoms with Gasteiger partial charge in [0.25, 0.3) is 11.5 Å². The lowest BCUT2D eigenvalue weighted by molar-refractivity contribution is -0.113. The molecule has 1 atom stereocenters. The van der Waals surface area contributed by atoms with Crippen LogP contribution in [0.5, 0.6) is 11.5 Å². The third kappa shape index (κ3) is 5.68. The van der Waals surface area contributed by atoms with Crippen molar-refractivity contribution in [1.82, 2.24) is 4.57 Å². The number of nitrogens with one attached hydrogen (secondary N) is 1. The molecule has 8 heteroatoms. The van der Waals surface area contributed by atoms with E-state index in [-0.39, 0.29) is 11.5 Å². The molecule has 6 rings (SSSR count). The second-order valence-corrected chi connectivity index (χ2v) is 11.6. The Morgan fingerprint density at radius 2 is 1.75 bits per heavy atom. The van der Waals surface area contributed by atoms with Crippen molar-refractivity contribution in [2.45, 2.75) is 32.7 Å². The molecule has 0 fully saturated rings. The van der Waals surface area contributed by atoms with Crippen LogP contribution in [0.3, 0.4) is 0 Å². The van der Waals surface area contributed by atoms with Gasteiger partial charge < -0.3 is 14.8 Å². The number of thiazole rings is 1. The molecule has 1 aliphatic rings. The van der Waals surface area contributed by atoms with Crippen molar-refractivity contribution < 1.29 is 14.3 Å². The van der Waals surface area contributed by atoms with Gasteiger partial charge >= 0.3 is 0 Å². The largest absolute Gasteiger partial charge is 0.497 e. The van der Waals surface area contributed by atoms with Gasteiger partial charge in [0.05, 0.1) is 35.6 Å². The summed E-state index contributed by atoms with van der Waals surface area (Å²) in [5.41, 5.74) is 3.03. The molecular formula is C36H33N3O4S. The van der Waals surface area contributed by atoms with E-state index in [1.54, 1.807) is 11.7 Å². The summed E-state index contributed by atoms with van der Waals surface area (Å²) >= 11 is 1.31. The van der Waals surface area contributed by atoms with Gasteiger partial charge in [0, 0.05) is 11.3 Å². The van der Waals surface area contributed by atoms with E-state index in [1.807, 2.05) is 97.9 Å². The first-order valence-electron chi connectivity index (χ1n) is 14.7. The van der Waals surface area contributed by atoms with Crippen molar-refractivity contribution >= 4 is 39.8 Å². The number of methoxy groups -OCH3 is 1. The Labute approximate surface area is 259 Å². The highest BCUT2D eigenvalue weighted by Crippen LogP contribution is 2.32. The maximum absolute atomic E-state index is 14.3. The molecule has 44 heavy (non-hydrogen) atoms. The first kappa shape index (κ1) is 29.1. The van der Waals surface area contributed by atoms with Crippen molar-refractivity contribution in [3.05, 3.63) is 133 Å². The Bertz CT molecular complexity index is 2040. The number of ether oxygens (including phenoxy) is 2. The normalized spacial score (nSPS) is 14.7. The van der Waals surface area contributed by atoms with E-state index in [1.165, 1.54) is 11.3 Å². The van der Waals surface area contributed by atoms with Crippen LogP contribution >= 0.6 is 11.3 Å². The molecule has 4 aromatic carbocycles. The molecule has 0 aliphatic carbocycles. The van der Waals surface area contributed by atoms with E-state index in [2.05, 4.69) is 18.3 Å². The molecule has 0 saturated heterocycles. The molecule has 222 valence electrons. The SMILES string of the molecule is CCCCOc1ccc2ccccc2c1/C=c1/sc2n(c1=O)[C@H](c1ccc(OC)cc1)C(C(=O)Nc1ccccc1)=C(C)N=2. The van der Waals surface area contributed by atoms with Crippen molar-refractivity contribution in [1.29, 1.82) is 0 Å². The lowest BCUT2D eigenvalue weighted by atomic mass is 9.95. The zero-order valence-electron chi connectivity index (χ0n) is 24.9. The number of amides is 1. The third-order valence-electron chi connectivity index (χ3n) is 7.69. The van der Waals surface area contributed by atoms with Gasteiger partial charge in [0.15, 0.2) is 4.80 Å². The third-order valence-corrected chi connectivity index (χ3v) is 8.67. The Balaban J connectivity index is 1.53. The molecule has 2 heterocycles. The lowest BCUT2D eigenvalue weighted by Gasteiger charge is -2.25. The minimum atomic E-state index is -0.684. The van der Waals surface area contributed by atoms with Crippen molar-refractivity contribution in [2.24, 2.45) is 4.99 Å². The van der Waals surface area contributed by atoms with E-state index in [9.17, 15) is 9.59 Å². The van der Waals surface area contributed by atoms with Gasteiger partial charge in [-0.2, -0.15) is 0 Å². The number of anilines is 1. The lowest BCUT2D eigenvalue weighted by Crippen LogP contribution is -2.40. The van der Waals surface area contributed by atoms with Gasteiger partial charge in [-0.1, -0.05) is 85.3 Å². The number of fused-ring (bicyclic) bond motifs is 2. The Morgan fingerprint density at radius 1 is 1.00 bits per heavy atom. The fourth-order valence-electron chi connectivity index (χ4n) is 5.44. The monoisotopic (exact) mass is 603 g/mol. The maximum Gasteiger partial charge on any atom is 0.271 e. The number of rotatable bonds is 9. The number of benzene rings is 4. The maximum atomic E-state index is 14.3. The average molecular weight is 604 g/mol. The van der Waals surface area contributed by atoms with Gasteiger partial charge in [-0.25, -0.2) is 4.99 Å². The molecule has 1 aliphatic heterocycles. The van der Waals surface area contributed by atoms with Crippen LogP contribution in [0.15, 0.2) is 112 Å². The van der Waals surface area contributed by atoms with Crippen LogP contribution in [-0.2, 0) is 4.79 Å². The first-order chi connectivity index (χ1) is 21.5. The second kappa shape index (κ2) is 12.7. The van der Waals surface area contributed by atoms with Crippen molar-refractivity contribution in [3.63, 3.8) is 0 Å². The molecule has 0 unspecified atom stereocenters. The molecule has 5 aromatic rings. The Kier molecular flexibility index (Phi) is 8.43. The number of carbonyl (C=O) groups excluding carboxylic acids is 1. The Morgan fingerprint density at radius 3 is 2.50 bits per heavy atom. The van der Waals surface area contributed by atoms with Gasteiger partial charge in [0.2, 0.25) is 0 Å². The van der Waals surface area contributed by atoms with Crippen LogP contribution in [0.1, 0.15) is 43.9 Å². The predicted molar refractivity (Wildman–Crippen MR) is 176 cm³/mol. The van der Waals surface area contributed by atoms with Gasteiger partial charge in [-0.3, -0.25) is 14.2 Å². The second-order valence-electron chi connectivity index (χ2n) is 10.6. The van der Waals surface area contributed by atoms with E-state index >= 15 is 0 Å².